The molecule has 1 heterocycles. The normalized spacial score (nSPS) is 10.2. The van der Waals surface area contributed by atoms with Crippen LogP contribution in [0, 0.1) is 6.92 Å². The molecule has 2 N–H and O–H groups in total. The molecule has 21 heavy (non-hydrogen) atoms. The van der Waals surface area contributed by atoms with Crippen molar-refractivity contribution < 1.29 is 4.79 Å². The Morgan fingerprint density at radius 1 is 1.24 bits per heavy atom. The van der Waals surface area contributed by atoms with Crippen LogP contribution in [0.2, 0.25) is 0 Å². The van der Waals surface area contributed by atoms with Gasteiger partial charge in [0.1, 0.15) is 5.82 Å². The Morgan fingerprint density at radius 2 is 2.05 bits per heavy atom. The Morgan fingerprint density at radius 3 is 2.67 bits per heavy atom. The predicted molar refractivity (Wildman–Crippen MR) is 87.6 cm³/mol. The summed E-state index contributed by atoms with van der Waals surface area (Å²) in [5, 5.41) is 13.8. The van der Waals surface area contributed by atoms with E-state index in [-0.39, 0.29) is 11.6 Å². The van der Waals surface area contributed by atoms with Crippen LogP contribution in [0.15, 0.2) is 34.8 Å². The molecule has 0 saturated carbocycles. The maximum Gasteiger partial charge on any atom is 0.276 e. The summed E-state index contributed by atoms with van der Waals surface area (Å²) in [5.41, 5.74) is 2.08. The lowest BCUT2D eigenvalue weighted by Crippen LogP contribution is -2.15. The van der Waals surface area contributed by atoms with Crippen molar-refractivity contribution in [3.05, 3.63) is 46.1 Å². The molecule has 2 aromatic rings. The van der Waals surface area contributed by atoms with Crippen LogP contribution >= 0.6 is 15.9 Å². The van der Waals surface area contributed by atoms with Crippen LogP contribution in [-0.4, -0.2) is 22.6 Å². The highest BCUT2D eigenvalue weighted by atomic mass is 79.9. The summed E-state index contributed by atoms with van der Waals surface area (Å²) in [7, 11) is 0. The number of aryl methyl sites for hydroxylation is 1. The van der Waals surface area contributed by atoms with Crippen molar-refractivity contribution in [2.24, 2.45) is 0 Å². The standard InChI is InChI=1S/C15H17BrN4O/c1-3-8-17-14-7-6-13(19-20-14)15(21)18-11-4-5-12(16)10(2)9-11/h4-7,9H,3,8H2,1-2H3,(H,17,20)(H,18,21). The van der Waals surface area contributed by atoms with Gasteiger partial charge in [-0.2, -0.15) is 0 Å². The van der Waals surface area contributed by atoms with E-state index in [2.05, 4.69) is 43.7 Å². The largest absolute Gasteiger partial charge is 0.369 e. The number of rotatable bonds is 5. The Balaban J connectivity index is 2.04. The molecule has 1 amide bonds. The SMILES string of the molecule is CCCNc1ccc(C(=O)Nc2ccc(Br)c(C)c2)nn1. The maximum atomic E-state index is 12.1. The molecule has 0 saturated heterocycles. The fraction of sp³-hybridized carbons (Fsp3) is 0.267. The Bertz CT molecular complexity index is 628. The average molecular weight is 349 g/mol. The van der Waals surface area contributed by atoms with Gasteiger partial charge in [0.15, 0.2) is 5.69 Å². The number of carbonyl (C=O) groups is 1. The summed E-state index contributed by atoms with van der Waals surface area (Å²) >= 11 is 3.43. The fourth-order valence-electron chi connectivity index (χ4n) is 1.72. The van der Waals surface area contributed by atoms with Crippen LogP contribution in [0.1, 0.15) is 29.4 Å². The van der Waals surface area contributed by atoms with Gasteiger partial charge in [0.05, 0.1) is 0 Å². The minimum Gasteiger partial charge on any atom is -0.369 e. The highest BCUT2D eigenvalue weighted by Crippen LogP contribution is 2.20. The van der Waals surface area contributed by atoms with E-state index in [1.54, 1.807) is 12.1 Å². The highest BCUT2D eigenvalue weighted by molar-refractivity contribution is 9.10. The number of amides is 1. The number of nitrogens with one attached hydrogen (secondary N) is 2. The Labute approximate surface area is 132 Å². The van der Waals surface area contributed by atoms with E-state index in [9.17, 15) is 4.79 Å². The molecule has 0 bridgehead atoms. The zero-order valence-corrected chi connectivity index (χ0v) is 13.6. The third kappa shape index (κ3) is 4.26. The van der Waals surface area contributed by atoms with E-state index in [1.165, 1.54) is 0 Å². The molecule has 0 spiro atoms. The molecule has 0 aliphatic heterocycles. The van der Waals surface area contributed by atoms with E-state index in [0.29, 0.717) is 5.82 Å². The van der Waals surface area contributed by atoms with Crippen LogP contribution < -0.4 is 10.6 Å². The van der Waals surface area contributed by atoms with Crippen molar-refractivity contribution in [3.63, 3.8) is 0 Å². The van der Waals surface area contributed by atoms with Gasteiger partial charge in [-0.1, -0.05) is 22.9 Å². The van der Waals surface area contributed by atoms with E-state index in [0.717, 1.165) is 28.7 Å². The maximum absolute atomic E-state index is 12.1. The molecule has 110 valence electrons. The van der Waals surface area contributed by atoms with Crippen molar-refractivity contribution in [2.45, 2.75) is 20.3 Å². The molecule has 0 atom stereocenters. The summed E-state index contributed by atoms with van der Waals surface area (Å²) in [6.07, 6.45) is 1.01. The Hall–Kier alpha value is -1.95. The first-order valence-electron chi connectivity index (χ1n) is 6.75. The molecular formula is C15H17BrN4O. The zero-order chi connectivity index (χ0) is 15.2. The average Bonchev–Trinajstić information content (AvgIpc) is 2.49. The first-order chi connectivity index (χ1) is 10.1. The predicted octanol–water partition coefficient (Wildman–Crippen LogP) is 3.62. The van der Waals surface area contributed by atoms with Gasteiger partial charge in [-0.3, -0.25) is 4.79 Å². The van der Waals surface area contributed by atoms with E-state index < -0.39 is 0 Å². The van der Waals surface area contributed by atoms with Crippen molar-refractivity contribution in [3.8, 4) is 0 Å². The fourth-order valence-corrected chi connectivity index (χ4v) is 1.96. The third-order valence-corrected chi connectivity index (χ3v) is 3.76. The van der Waals surface area contributed by atoms with Crippen LogP contribution in [0.4, 0.5) is 11.5 Å². The first kappa shape index (κ1) is 15.4. The van der Waals surface area contributed by atoms with Gasteiger partial charge >= 0.3 is 0 Å². The summed E-state index contributed by atoms with van der Waals surface area (Å²) < 4.78 is 1.01. The summed E-state index contributed by atoms with van der Waals surface area (Å²) in [6.45, 7) is 4.87. The number of nitrogens with zero attached hydrogens (tertiary/aromatic N) is 2. The van der Waals surface area contributed by atoms with Crippen molar-refractivity contribution in [2.75, 3.05) is 17.2 Å². The van der Waals surface area contributed by atoms with Gasteiger partial charge in [-0.05, 0) is 49.2 Å². The molecule has 0 unspecified atom stereocenters. The number of aromatic nitrogens is 2. The van der Waals surface area contributed by atoms with Crippen LogP contribution in [-0.2, 0) is 0 Å². The van der Waals surface area contributed by atoms with Gasteiger partial charge in [0.25, 0.3) is 5.91 Å². The second-order valence-electron chi connectivity index (χ2n) is 4.65. The van der Waals surface area contributed by atoms with Gasteiger partial charge < -0.3 is 10.6 Å². The monoisotopic (exact) mass is 348 g/mol. The summed E-state index contributed by atoms with van der Waals surface area (Å²) in [4.78, 5) is 12.1. The number of benzene rings is 1. The minimum absolute atomic E-state index is 0.272. The van der Waals surface area contributed by atoms with Gasteiger partial charge in [-0.15, -0.1) is 10.2 Å². The topological polar surface area (TPSA) is 66.9 Å². The minimum atomic E-state index is -0.272. The second kappa shape index (κ2) is 7.17. The number of anilines is 2. The molecule has 0 fully saturated rings. The summed E-state index contributed by atoms with van der Waals surface area (Å²) in [5.74, 6) is 0.402. The zero-order valence-electron chi connectivity index (χ0n) is 12.0. The molecule has 0 aliphatic carbocycles. The van der Waals surface area contributed by atoms with Gasteiger partial charge in [0.2, 0.25) is 0 Å². The summed E-state index contributed by atoms with van der Waals surface area (Å²) in [6, 6.07) is 9.04. The van der Waals surface area contributed by atoms with Crippen molar-refractivity contribution >= 4 is 33.3 Å². The van der Waals surface area contributed by atoms with E-state index in [4.69, 9.17) is 0 Å². The lowest BCUT2D eigenvalue weighted by atomic mass is 10.2. The quantitative estimate of drug-likeness (QED) is 0.865. The van der Waals surface area contributed by atoms with Crippen molar-refractivity contribution in [1.82, 2.24) is 10.2 Å². The second-order valence-corrected chi connectivity index (χ2v) is 5.50. The molecule has 2 rings (SSSR count). The highest BCUT2D eigenvalue weighted by Gasteiger charge is 2.09. The molecule has 6 heteroatoms. The van der Waals surface area contributed by atoms with E-state index >= 15 is 0 Å². The Kier molecular flexibility index (Phi) is 5.27. The van der Waals surface area contributed by atoms with Crippen LogP contribution in [0.3, 0.4) is 0 Å². The lowest BCUT2D eigenvalue weighted by Gasteiger charge is -2.07. The molecule has 1 aromatic carbocycles. The molecule has 5 nitrogen and oxygen atoms in total. The number of hydrogen-bond acceptors (Lipinski definition) is 4. The number of halogens is 1. The van der Waals surface area contributed by atoms with E-state index in [1.807, 2.05) is 25.1 Å². The smallest absolute Gasteiger partial charge is 0.276 e. The first-order valence-corrected chi connectivity index (χ1v) is 7.54. The van der Waals surface area contributed by atoms with Crippen LogP contribution in [0.5, 0.6) is 0 Å². The molecule has 1 aromatic heterocycles. The van der Waals surface area contributed by atoms with Gasteiger partial charge in [-0.25, -0.2) is 0 Å². The number of hydrogen-bond donors (Lipinski definition) is 2. The lowest BCUT2D eigenvalue weighted by molar-refractivity contribution is 0.102. The third-order valence-electron chi connectivity index (χ3n) is 2.87. The number of carbonyl (C=O) groups excluding carboxylic acids is 1. The molecular weight excluding hydrogens is 332 g/mol. The van der Waals surface area contributed by atoms with Gasteiger partial charge in [0, 0.05) is 16.7 Å². The van der Waals surface area contributed by atoms with Crippen molar-refractivity contribution in [1.29, 1.82) is 0 Å². The molecule has 0 radical (unpaired) electrons. The van der Waals surface area contributed by atoms with Crippen LogP contribution in [0.25, 0.3) is 0 Å². The molecule has 0 aliphatic rings.